The molecular formula is C17H18BrNO3. The van der Waals surface area contributed by atoms with Crippen molar-refractivity contribution in [3.05, 3.63) is 58.1 Å². The van der Waals surface area contributed by atoms with Gasteiger partial charge in [0, 0.05) is 10.0 Å². The van der Waals surface area contributed by atoms with E-state index in [1.54, 1.807) is 26.4 Å². The lowest BCUT2D eigenvalue weighted by molar-refractivity contribution is 0.0939. The minimum Gasteiger partial charge on any atom is -0.493 e. The van der Waals surface area contributed by atoms with Crippen LogP contribution in [0.3, 0.4) is 0 Å². The zero-order chi connectivity index (χ0) is 16.1. The van der Waals surface area contributed by atoms with Gasteiger partial charge in [-0.25, -0.2) is 0 Å². The van der Waals surface area contributed by atoms with Gasteiger partial charge in [0.25, 0.3) is 5.91 Å². The molecular weight excluding hydrogens is 346 g/mol. The summed E-state index contributed by atoms with van der Waals surface area (Å²) in [6.07, 6.45) is 0. The van der Waals surface area contributed by atoms with Gasteiger partial charge in [0.1, 0.15) is 0 Å². The van der Waals surface area contributed by atoms with E-state index in [2.05, 4.69) is 21.2 Å². The number of benzene rings is 2. The monoisotopic (exact) mass is 363 g/mol. The summed E-state index contributed by atoms with van der Waals surface area (Å²) in [6.45, 7) is 1.92. The Bertz CT molecular complexity index is 658. The molecule has 1 N–H and O–H groups in total. The van der Waals surface area contributed by atoms with Crippen LogP contribution < -0.4 is 14.8 Å². The highest BCUT2D eigenvalue weighted by molar-refractivity contribution is 9.10. The van der Waals surface area contributed by atoms with Crippen LogP contribution in [0.2, 0.25) is 0 Å². The third kappa shape index (κ3) is 3.60. The smallest absolute Gasteiger partial charge is 0.251 e. The molecule has 0 spiro atoms. The summed E-state index contributed by atoms with van der Waals surface area (Å²) < 4.78 is 11.4. The predicted molar refractivity (Wildman–Crippen MR) is 89.6 cm³/mol. The molecule has 0 aliphatic rings. The van der Waals surface area contributed by atoms with Gasteiger partial charge in [-0.15, -0.1) is 0 Å². The maximum Gasteiger partial charge on any atom is 0.251 e. The number of amides is 1. The van der Waals surface area contributed by atoms with Gasteiger partial charge in [-0.3, -0.25) is 4.79 Å². The molecule has 1 atom stereocenters. The van der Waals surface area contributed by atoms with Gasteiger partial charge in [0.15, 0.2) is 11.5 Å². The Morgan fingerprint density at radius 2 is 1.68 bits per heavy atom. The van der Waals surface area contributed by atoms with Crippen molar-refractivity contribution in [3.63, 3.8) is 0 Å². The molecule has 0 aromatic heterocycles. The summed E-state index contributed by atoms with van der Waals surface area (Å²) in [7, 11) is 3.17. The quantitative estimate of drug-likeness (QED) is 0.874. The second kappa shape index (κ2) is 7.31. The summed E-state index contributed by atoms with van der Waals surface area (Å²) >= 11 is 3.51. The Balaban J connectivity index is 2.22. The lowest BCUT2D eigenvalue weighted by Crippen LogP contribution is -2.26. The van der Waals surface area contributed by atoms with Gasteiger partial charge in [-0.2, -0.15) is 0 Å². The molecule has 2 aromatic carbocycles. The van der Waals surface area contributed by atoms with Crippen LogP contribution in [0.15, 0.2) is 46.9 Å². The zero-order valence-corrected chi connectivity index (χ0v) is 14.3. The average molecular weight is 364 g/mol. The van der Waals surface area contributed by atoms with Crippen molar-refractivity contribution in [2.75, 3.05) is 14.2 Å². The Labute approximate surface area is 138 Å². The topological polar surface area (TPSA) is 47.6 Å². The van der Waals surface area contributed by atoms with E-state index in [0.29, 0.717) is 17.1 Å². The van der Waals surface area contributed by atoms with Crippen molar-refractivity contribution in [2.24, 2.45) is 0 Å². The third-order valence-corrected chi connectivity index (χ3v) is 4.04. The van der Waals surface area contributed by atoms with Crippen LogP contribution in [0.1, 0.15) is 28.9 Å². The van der Waals surface area contributed by atoms with E-state index >= 15 is 0 Å². The summed E-state index contributed by atoms with van der Waals surface area (Å²) in [6, 6.07) is 12.6. The van der Waals surface area contributed by atoms with E-state index in [-0.39, 0.29) is 11.9 Å². The molecule has 2 rings (SSSR count). The minimum absolute atomic E-state index is 0.116. The maximum atomic E-state index is 12.2. The molecule has 0 radical (unpaired) electrons. The van der Waals surface area contributed by atoms with E-state index in [0.717, 1.165) is 10.0 Å². The second-order valence-corrected chi connectivity index (χ2v) is 5.64. The number of nitrogens with one attached hydrogen (secondary N) is 1. The normalized spacial score (nSPS) is 11.6. The first-order valence-electron chi connectivity index (χ1n) is 6.84. The first-order chi connectivity index (χ1) is 10.6. The van der Waals surface area contributed by atoms with Crippen LogP contribution >= 0.6 is 15.9 Å². The number of halogens is 1. The highest BCUT2D eigenvalue weighted by atomic mass is 79.9. The second-order valence-electron chi connectivity index (χ2n) is 4.79. The summed E-state index contributed by atoms with van der Waals surface area (Å²) in [5, 5.41) is 2.98. The number of hydrogen-bond donors (Lipinski definition) is 1. The fourth-order valence-corrected chi connectivity index (χ4v) is 2.81. The fraction of sp³-hybridized carbons (Fsp3) is 0.235. The van der Waals surface area contributed by atoms with Gasteiger partial charge in [0.05, 0.1) is 20.3 Å². The van der Waals surface area contributed by atoms with Crippen LogP contribution in [-0.4, -0.2) is 20.1 Å². The molecule has 0 aliphatic heterocycles. The summed E-state index contributed by atoms with van der Waals surface area (Å²) in [4.78, 5) is 12.2. The van der Waals surface area contributed by atoms with Crippen molar-refractivity contribution in [1.82, 2.24) is 5.32 Å². The number of carbonyl (C=O) groups is 1. The molecule has 0 bridgehead atoms. The molecule has 5 heteroatoms. The Morgan fingerprint density at radius 3 is 2.27 bits per heavy atom. The van der Waals surface area contributed by atoms with E-state index in [1.165, 1.54) is 0 Å². The molecule has 0 aliphatic carbocycles. The van der Waals surface area contributed by atoms with E-state index in [9.17, 15) is 4.79 Å². The standard InChI is InChI=1S/C17H18BrNO3/c1-11(19-17(20)12-7-5-4-6-8-12)13-9-15(21-2)16(22-3)10-14(13)18/h4-11H,1-3H3,(H,19,20)/t11-/m0/s1. The molecule has 0 unspecified atom stereocenters. The SMILES string of the molecule is COc1cc(Br)c([C@H](C)NC(=O)c2ccccc2)cc1OC. The van der Waals surface area contributed by atoms with Crippen molar-refractivity contribution >= 4 is 21.8 Å². The summed E-state index contributed by atoms with van der Waals surface area (Å²) in [5.41, 5.74) is 1.55. The van der Waals surface area contributed by atoms with Gasteiger partial charge in [0.2, 0.25) is 0 Å². The molecule has 116 valence electrons. The number of ether oxygens (including phenoxy) is 2. The van der Waals surface area contributed by atoms with Crippen LogP contribution in [-0.2, 0) is 0 Å². The molecule has 4 nitrogen and oxygen atoms in total. The summed E-state index contributed by atoms with van der Waals surface area (Å²) in [5.74, 6) is 1.15. The molecule has 22 heavy (non-hydrogen) atoms. The van der Waals surface area contributed by atoms with Crippen LogP contribution in [0, 0.1) is 0 Å². The predicted octanol–water partition coefficient (Wildman–Crippen LogP) is 3.96. The lowest BCUT2D eigenvalue weighted by Gasteiger charge is -2.18. The number of methoxy groups -OCH3 is 2. The molecule has 0 heterocycles. The van der Waals surface area contributed by atoms with Crippen molar-refractivity contribution in [3.8, 4) is 11.5 Å². The van der Waals surface area contributed by atoms with E-state index in [4.69, 9.17) is 9.47 Å². The molecule has 0 saturated heterocycles. The van der Waals surface area contributed by atoms with Crippen LogP contribution in [0.5, 0.6) is 11.5 Å². The fourth-order valence-electron chi connectivity index (χ4n) is 2.15. The number of hydrogen-bond acceptors (Lipinski definition) is 3. The highest BCUT2D eigenvalue weighted by Crippen LogP contribution is 2.35. The molecule has 0 saturated carbocycles. The average Bonchev–Trinajstić information content (AvgIpc) is 2.55. The molecule has 0 fully saturated rings. The largest absolute Gasteiger partial charge is 0.493 e. The molecule has 2 aromatic rings. The Hall–Kier alpha value is -2.01. The first-order valence-corrected chi connectivity index (χ1v) is 7.63. The van der Waals surface area contributed by atoms with E-state index < -0.39 is 0 Å². The maximum absolute atomic E-state index is 12.2. The number of rotatable bonds is 5. The van der Waals surface area contributed by atoms with E-state index in [1.807, 2.05) is 37.3 Å². The van der Waals surface area contributed by atoms with Crippen LogP contribution in [0.4, 0.5) is 0 Å². The third-order valence-electron chi connectivity index (χ3n) is 3.35. The Morgan fingerprint density at radius 1 is 1.09 bits per heavy atom. The van der Waals surface area contributed by atoms with Gasteiger partial charge in [-0.1, -0.05) is 34.1 Å². The zero-order valence-electron chi connectivity index (χ0n) is 12.7. The van der Waals surface area contributed by atoms with Crippen molar-refractivity contribution in [2.45, 2.75) is 13.0 Å². The Kier molecular flexibility index (Phi) is 5.44. The van der Waals surface area contributed by atoms with Crippen LogP contribution in [0.25, 0.3) is 0 Å². The lowest BCUT2D eigenvalue weighted by atomic mass is 10.1. The van der Waals surface area contributed by atoms with Gasteiger partial charge < -0.3 is 14.8 Å². The van der Waals surface area contributed by atoms with Gasteiger partial charge in [-0.05, 0) is 36.8 Å². The van der Waals surface area contributed by atoms with Crippen molar-refractivity contribution < 1.29 is 14.3 Å². The molecule has 1 amide bonds. The number of carbonyl (C=O) groups excluding carboxylic acids is 1. The highest BCUT2D eigenvalue weighted by Gasteiger charge is 2.17. The minimum atomic E-state index is -0.179. The van der Waals surface area contributed by atoms with Gasteiger partial charge >= 0.3 is 0 Å². The first kappa shape index (κ1) is 16.4. The van der Waals surface area contributed by atoms with Crippen molar-refractivity contribution in [1.29, 1.82) is 0 Å².